The Morgan fingerprint density at radius 2 is 1.66 bits per heavy atom. The van der Waals surface area contributed by atoms with E-state index in [0.717, 1.165) is 49.0 Å². The van der Waals surface area contributed by atoms with Crippen molar-refractivity contribution in [3.05, 3.63) is 99.4 Å². The van der Waals surface area contributed by atoms with Gasteiger partial charge in [0, 0.05) is 18.4 Å². The van der Waals surface area contributed by atoms with Gasteiger partial charge in [-0.1, -0.05) is 74.2 Å². The van der Waals surface area contributed by atoms with Crippen LogP contribution in [0.4, 0.5) is 0 Å². The largest absolute Gasteiger partial charge is 0.497 e. The number of imidazole rings is 1. The van der Waals surface area contributed by atoms with Gasteiger partial charge in [-0.15, -0.1) is 0 Å². The molecule has 2 N–H and O–H groups in total. The van der Waals surface area contributed by atoms with E-state index in [4.69, 9.17) is 37.4 Å². The normalized spacial score (nSPS) is 11.6. The van der Waals surface area contributed by atoms with Crippen LogP contribution in [0, 0.1) is 0 Å². The van der Waals surface area contributed by atoms with Gasteiger partial charge in [0.15, 0.2) is 0 Å². The molecule has 0 saturated heterocycles. The number of benzene rings is 3. The first-order valence-electron chi connectivity index (χ1n) is 16.2. The molecule has 47 heavy (non-hydrogen) atoms. The number of carbonyl (C=O) groups is 2. The van der Waals surface area contributed by atoms with Crippen LogP contribution in [0.3, 0.4) is 0 Å². The first kappa shape index (κ1) is 35.8. The zero-order chi connectivity index (χ0) is 33.6. The quantitative estimate of drug-likeness (QED) is 0.0804. The predicted octanol–water partition coefficient (Wildman–Crippen LogP) is 8.95. The number of unbranched alkanes of at least 4 members (excludes halogenated alkanes) is 2. The van der Waals surface area contributed by atoms with Crippen molar-refractivity contribution in [2.24, 2.45) is 0 Å². The number of aromatic amines is 1. The maximum atomic E-state index is 13.3. The summed E-state index contributed by atoms with van der Waals surface area (Å²) >= 11 is 12.9. The molecule has 1 amide bonds. The third kappa shape index (κ3) is 10.5. The second-order valence-corrected chi connectivity index (χ2v) is 12.1. The molecular weight excluding hydrogens is 637 g/mol. The molecule has 0 saturated carbocycles. The van der Waals surface area contributed by atoms with Gasteiger partial charge >= 0.3 is 5.97 Å². The lowest BCUT2D eigenvalue weighted by Gasteiger charge is -2.21. The number of aryl methyl sites for hydroxylation is 1. The molecule has 4 aromatic rings. The highest BCUT2D eigenvalue weighted by molar-refractivity contribution is 6.39. The van der Waals surface area contributed by atoms with E-state index in [1.54, 1.807) is 43.6 Å². The lowest BCUT2D eigenvalue weighted by Crippen LogP contribution is -2.30. The fraction of sp³-hybridized carbons (Fsp3) is 0.378. The summed E-state index contributed by atoms with van der Waals surface area (Å²) in [6, 6.07) is 18.1. The van der Waals surface area contributed by atoms with Crippen molar-refractivity contribution in [2.45, 2.75) is 71.3 Å². The van der Waals surface area contributed by atoms with Gasteiger partial charge in [0.2, 0.25) is 5.91 Å². The molecule has 0 aliphatic rings. The molecule has 10 heteroatoms. The summed E-state index contributed by atoms with van der Waals surface area (Å²) in [5, 5.41) is 4.18. The second-order valence-electron chi connectivity index (χ2n) is 11.3. The number of hydrogen-bond acceptors (Lipinski definition) is 6. The highest BCUT2D eigenvalue weighted by Crippen LogP contribution is 2.34. The Labute approximate surface area is 287 Å². The van der Waals surface area contributed by atoms with E-state index in [0.29, 0.717) is 70.9 Å². The zero-order valence-corrected chi connectivity index (χ0v) is 28.8. The molecule has 0 fully saturated rings. The fourth-order valence-corrected chi connectivity index (χ4v) is 5.67. The van der Waals surface area contributed by atoms with E-state index >= 15 is 0 Å². The average Bonchev–Trinajstić information content (AvgIpc) is 3.52. The van der Waals surface area contributed by atoms with Crippen LogP contribution in [0.25, 0.3) is 11.3 Å². The number of nitrogens with one attached hydrogen (secondary N) is 2. The van der Waals surface area contributed by atoms with E-state index < -0.39 is 12.0 Å². The Kier molecular flexibility index (Phi) is 14.0. The number of hydrogen-bond donors (Lipinski definition) is 2. The van der Waals surface area contributed by atoms with Gasteiger partial charge in [-0.25, -0.2) is 9.78 Å². The summed E-state index contributed by atoms with van der Waals surface area (Å²) in [7, 11) is 1.64. The minimum Gasteiger partial charge on any atom is -0.497 e. The maximum absolute atomic E-state index is 13.3. The van der Waals surface area contributed by atoms with Gasteiger partial charge in [-0.2, -0.15) is 0 Å². The van der Waals surface area contributed by atoms with Crippen molar-refractivity contribution in [2.75, 3.05) is 20.3 Å². The topological polar surface area (TPSA) is 103 Å². The molecule has 0 aliphatic heterocycles. The van der Waals surface area contributed by atoms with Crippen LogP contribution in [0.2, 0.25) is 10.0 Å². The van der Waals surface area contributed by atoms with Gasteiger partial charge in [0.1, 0.15) is 22.9 Å². The van der Waals surface area contributed by atoms with Crippen LogP contribution in [-0.4, -0.2) is 42.2 Å². The molecule has 250 valence electrons. The molecule has 0 spiro atoms. The molecule has 0 bridgehead atoms. The molecule has 3 aromatic carbocycles. The molecule has 1 atom stereocenters. The van der Waals surface area contributed by atoms with E-state index in [-0.39, 0.29) is 5.91 Å². The van der Waals surface area contributed by atoms with Crippen LogP contribution in [0.5, 0.6) is 11.5 Å². The van der Waals surface area contributed by atoms with Crippen molar-refractivity contribution in [1.82, 2.24) is 15.3 Å². The van der Waals surface area contributed by atoms with E-state index in [2.05, 4.69) is 22.2 Å². The number of halogens is 2. The standard InChI is InChI=1S/C37H43Cl2N3O5/c1-4-6-20-46-33-19-16-26(22-28(33)37(44)47-21-7-5-2)31(42-35(43)13-8-10-25-14-17-27(45-3)18-15-25)23-34-40-24-32(41-34)36-29(38)11-9-12-30(36)39/h9,11-12,14-19,22,24,31H,4-8,10,13,20-21,23H2,1-3H3,(H,40,41)(H,42,43). The monoisotopic (exact) mass is 679 g/mol. The second kappa shape index (κ2) is 18.4. The van der Waals surface area contributed by atoms with E-state index in [1.807, 2.05) is 37.3 Å². The summed E-state index contributed by atoms with van der Waals surface area (Å²) in [6.07, 6.45) is 7.24. The average molecular weight is 681 g/mol. The molecule has 1 heterocycles. The van der Waals surface area contributed by atoms with E-state index in [9.17, 15) is 9.59 Å². The lowest BCUT2D eigenvalue weighted by atomic mass is 9.99. The summed E-state index contributed by atoms with van der Waals surface area (Å²) in [6.45, 7) is 4.93. The van der Waals surface area contributed by atoms with Crippen LogP contribution in [-0.2, 0) is 22.4 Å². The van der Waals surface area contributed by atoms with Crippen LogP contribution in [0.1, 0.15) is 85.7 Å². The Hall–Kier alpha value is -4.01. The van der Waals surface area contributed by atoms with E-state index in [1.165, 1.54) is 0 Å². The zero-order valence-electron chi connectivity index (χ0n) is 27.2. The van der Waals surface area contributed by atoms with Crippen LogP contribution >= 0.6 is 23.2 Å². The van der Waals surface area contributed by atoms with Crippen molar-refractivity contribution in [3.63, 3.8) is 0 Å². The number of aromatic nitrogens is 2. The Balaban J connectivity index is 1.58. The minimum atomic E-state index is -0.504. The Bertz CT molecular complexity index is 1590. The number of rotatable bonds is 18. The highest BCUT2D eigenvalue weighted by Gasteiger charge is 2.23. The molecule has 8 nitrogen and oxygen atoms in total. The number of amides is 1. The summed E-state index contributed by atoms with van der Waals surface area (Å²) in [4.78, 5) is 34.5. The molecule has 1 aromatic heterocycles. The third-order valence-electron chi connectivity index (χ3n) is 7.73. The molecule has 0 aliphatic carbocycles. The van der Waals surface area contributed by atoms with Crippen molar-refractivity contribution < 1.29 is 23.8 Å². The first-order valence-corrected chi connectivity index (χ1v) is 16.9. The number of nitrogens with zero attached hydrogens (tertiary/aromatic N) is 1. The van der Waals surface area contributed by atoms with Crippen molar-refractivity contribution in [3.8, 4) is 22.8 Å². The summed E-state index contributed by atoms with van der Waals surface area (Å²) < 4.78 is 16.8. The first-order chi connectivity index (χ1) is 22.8. The van der Waals surface area contributed by atoms with Crippen molar-refractivity contribution in [1.29, 1.82) is 0 Å². The molecular formula is C37H43Cl2N3O5. The van der Waals surface area contributed by atoms with Crippen LogP contribution < -0.4 is 14.8 Å². The molecule has 4 rings (SSSR count). The Morgan fingerprint density at radius 1 is 0.936 bits per heavy atom. The molecule has 0 radical (unpaired) electrons. The fourth-order valence-electron chi connectivity index (χ4n) is 5.07. The maximum Gasteiger partial charge on any atom is 0.341 e. The molecule has 1 unspecified atom stereocenters. The minimum absolute atomic E-state index is 0.111. The number of ether oxygens (including phenoxy) is 3. The summed E-state index contributed by atoms with van der Waals surface area (Å²) in [5.41, 5.74) is 3.50. The Morgan fingerprint density at radius 3 is 2.36 bits per heavy atom. The number of H-pyrrole nitrogens is 1. The van der Waals surface area contributed by atoms with Gasteiger partial charge < -0.3 is 24.5 Å². The number of esters is 1. The van der Waals surface area contributed by atoms with Crippen molar-refractivity contribution >= 4 is 35.1 Å². The third-order valence-corrected chi connectivity index (χ3v) is 8.36. The predicted molar refractivity (Wildman–Crippen MR) is 187 cm³/mol. The van der Waals surface area contributed by atoms with Gasteiger partial charge in [-0.05, 0) is 73.2 Å². The van der Waals surface area contributed by atoms with Gasteiger partial charge in [0.25, 0.3) is 0 Å². The smallest absolute Gasteiger partial charge is 0.341 e. The highest BCUT2D eigenvalue weighted by atomic mass is 35.5. The number of carbonyl (C=O) groups excluding carboxylic acids is 2. The SMILES string of the molecule is CCCCOC(=O)c1cc(C(Cc2ncc(-c3c(Cl)cccc3Cl)[nH]2)NC(=O)CCCc2ccc(OC)cc2)ccc1OCCCC. The summed E-state index contributed by atoms with van der Waals surface area (Å²) in [5.74, 6) is 1.31. The lowest BCUT2D eigenvalue weighted by molar-refractivity contribution is -0.121. The van der Waals surface area contributed by atoms with Gasteiger partial charge in [0.05, 0.1) is 48.3 Å². The van der Waals surface area contributed by atoms with Gasteiger partial charge in [-0.3, -0.25) is 4.79 Å². The van der Waals surface area contributed by atoms with Crippen LogP contribution in [0.15, 0.2) is 66.9 Å². The number of methoxy groups -OCH3 is 1.